The van der Waals surface area contributed by atoms with Gasteiger partial charge in [-0.3, -0.25) is 4.57 Å². The molecule has 2 N–H and O–H groups in total. The van der Waals surface area contributed by atoms with Gasteiger partial charge in [0.1, 0.15) is 11.3 Å². The highest BCUT2D eigenvalue weighted by molar-refractivity contribution is 7.80. The van der Waals surface area contributed by atoms with E-state index in [0.29, 0.717) is 5.69 Å². The fourth-order valence-corrected chi connectivity index (χ4v) is 1.59. The Hall–Kier alpha value is -2.15. The van der Waals surface area contributed by atoms with E-state index in [2.05, 4.69) is 4.98 Å². The van der Waals surface area contributed by atoms with Gasteiger partial charge in [-0.05, 0) is 19.1 Å². The van der Waals surface area contributed by atoms with Crippen LogP contribution < -0.4 is 5.73 Å². The van der Waals surface area contributed by atoms with Crippen LogP contribution in [0.2, 0.25) is 0 Å². The Morgan fingerprint density at radius 2 is 2.44 bits per heavy atom. The first-order valence-corrected chi connectivity index (χ1v) is 5.64. The first kappa shape index (κ1) is 12.3. The average Bonchev–Trinajstić information content (AvgIpc) is 2.98. The Balaban J connectivity index is 2.32. The van der Waals surface area contributed by atoms with Gasteiger partial charge in [0, 0.05) is 6.20 Å². The number of hydrogen-bond donors (Lipinski definition) is 1. The lowest BCUT2D eigenvalue weighted by Gasteiger charge is -2.01. The molecule has 0 amide bonds. The van der Waals surface area contributed by atoms with Gasteiger partial charge in [-0.15, -0.1) is 0 Å². The molecule has 6 nitrogen and oxygen atoms in total. The molecule has 7 heteroatoms. The van der Waals surface area contributed by atoms with Gasteiger partial charge in [-0.2, -0.15) is 4.98 Å². The molecule has 0 aliphatic rings. The monoisotopic (exact) mass is 265 g/mol. The predicted molar refractivity (Wildman–Crippen MR) is 67.7 cm³/mol. The summed E-state index contributed by atoms with van der Waals surface area (Å²) in [6, 6.07) is 3.70. The Labute approximate surface area is 108 Å². The highest BCUT2D eigenvalue weighted by Gasteiger charge is 2.16. The Morgan fingerprint density at radius 1 is 1.67 bits per heavy atom. The molecule has 0 aliphatic carbocycles. The van der Waals surface area contributed by atoms with E-state index in [1.165, 1.54) is 6.26 Å². The van der Waals surface area contributed by atoms with Gasteiger partial charge in [0.15, 0.2) is 5.69 Å². The molecule has 2 heterocycles. The van der Waals surface area contributed by atoms with Crippen molar-refractivity contribution in [1.82, 2.24) is 9.55 Å². The van der Waals surface area contributed by atoms with E-state index in [4.69, 9.17) is 27.1 Å². The number of thiocarbonyl (C=S) groups is 1. The van der Waals surface area contributed by atoms with Crippen LogP contribution in [0, 0.1) is 0 Å². The van der Waals surface area contributed by atoms with Crippen molar-refractivity contribution < 1.29 is 13.9 Å². The van der Waals surface area contributed by atoms with E-state index in [9.17, 15) is 4.79 Å². The number of nitrogens with two attached hydrogens (primary N) is 1. The van der Waals surface area contributed by atoms with Gasteiger partial charge in [0.2, 0.25) is 0 Å². The SMILES string of the molecule is CCOC(=O)c1coc(-n2cccc2C(N)=S)n1. The predicted octanol–water partition coefficient (Wildman–Crippen LogP) is 1.28. The third-order valence-electron chi connectivity index (χ3n) is 2.18. The third kappa shape index (κ3) is 2.25. The molecule has 0 radical (unpaired) electrons. The van der Waals surface area contributed by atoms with Crippen molar-refractivity contribution in [3.05, 3.63) is 36.0 Å². The smallest absolute Gasteiger partial charge is 0.360 e. The second-order valence-corrected chi connectivity index (χ2v) is 3.80. The number of hydrogen-bond acceptors (Lipinski definition) is 5. The van der Waals surface area contributed by atoms with Crippen LogP contribution in [0.1, 0.15) is 23.1 Å². The van der Waals surface area contributed by atoms with E-state index in [0.717, 1.165) is 0 Å². The summed E-state index contributed by atoms with van der Waals surface area (Å²) in [5.74, 6) is -0.531. The summed E-state index contributed by atoms with van der Waals surface area (Å²) in [6.07, 6.45) is 2.92. The molecule has 0 saturated carbocycles. The van der Waals surface area contributed by atoms with Gasteiger partial charge >= 0.3 is 12.0 Å². The first-order valence-electron chi connectivity index (χ1n) is 5.23. The van der Waals surface area contributed by atoms with Crippen LogP contribution in [-0.4, -0.2) is 27.1 Å². The third-order valence-corrected chi connectivity index (χ3v) is 2.39. The Bertz CT molecular complexity index is 588. The van der Waals surface area contributed by atoms with Crippen molar-refractivity contribution in [2.24, 2.45) is 5.73 Å². The summed E-state index contributed by atoms with van der Waals surface area (Å²) in [7, 11) is 0. The fraction of sp³-hybridized carbons (Fsp3) is 0.182. The summed E-state index contributed by atoms with van der Waals surface area (Å²) < 4.78 is 11.6. The molecule has 0 unspecified atom stereocenters. The minimum Gasteiger partial charge on any atom is -0.461 e. The fourth-order valence-electron chi connectivity index (χ4n) is 1.42. The molecule has 0 atom stereocenters. The minimum absolute atomic E-state index is 0.106. The van der Waals surface area contributed by atoms with Crippen LogP contribution in [-0.2, 0) is 4.74 Å². The molecule has 2 aromatic rings. The van der Waals surface area contributed by atoms with Gasteiger partial charge in [0.25, 0.3) is 0 Å². The van der Waals surface area contributed by atoms with Crippen molar-refractivity contribution in [3.8, 4) is 6.01 Å². The van der Waals surface area contributed by atoms with Crippen LogP contribution in [0.5, 0.6) is 0 Å². The molecule has 94 valence electrons. The summed E-state index contributed by atoms with van der Waals surface area (Å²) in [6.45, 7) is 2.00. The molecule has 0 spiro atoms. The zero-order valence-corrected chi connectivity index (χ0v) is 10.4. The number of aromatic nitrogens is 2. The molecule has 0 saturated heterocycles. The number of ether oxygens (including phenoxy) is 1. The molecule has 0 bridgehead atoms. The second kappa shape index (κ2) is 5.01. The standard InChI is InChI=1S/C11H11N3O3S/c1-2-16-10(15)7-6-17-11(13-7)14-5-3-4-8(14)9(12)18/h3-6H,2H2,1H3,(H2,12,18). The topological polar surface area (TPSA) is 83.3 Å². The quantitative estimate of drug-likeness (QED) is 0.662. The highest BCUT2D eigenvalue weighted by atomic mass is 32.1. The summed E-state index contributed by atoms with van der Waals surface area (Å²) >= 11 is 4.90. The lowest BCUT2D eigenvalue weighted by atomic mass is 10.4. The maximum absolute atomic E-state index is 11.4. The molecule has 0 aromatic carbocycles. The van der Waals surface area contributed by atoms with Crippen LogP contribution in [0.4, 0.5) is 0 Å². The number of carbonyl (C=O) groups is 1. The second-order valence-electron chi connectivity index (χ2n) is 3.36. The number of carbonyl (C=O) groups excluding carboxylic acids is 1. The van der Waals surface area contributed by atoms with Crippen LogP contribution in [0.25, 0.3) is 6.01 Å². The van der Waals surface area contributed by atoms with E-state index >= 15 is 0 Å². The Kier molecular flexibility index (Phi) is 3.42. The van der Waals surface area contributed by atoms with Crippen molar-refractivity contribution in [2.45, 2.75) is 6.92 Å². The van der Waals surface area contributed by atoms with Crippen molar-refractivity contribution in [1.29, 1.82) is 0 Å². The summed E-state index contributed by atoms with van der Waals surface area (Å²) in [5, 5.41) is 0. The zero-order valence-electron chi connectivity index (χ0n) is 9.62. The first-order chi connectivity index (χ1) is 8.63. The van der Waals surface area contributed by atoms with Crippen LogP contribution in [0.3, 0.4) is 0 Å². The van der Waals surface area contributed by atoms with Gasteiger partial charge in [-0.1, -0.05) is 12.2 Å². The number of oxazole rings is 1. The van der Waals surface area contributed by atoms with Crippen LogP contribution in [0.15, 0.2) is 29.0 Å². The molecule has 0 aliphatic heterocycles. The molecule has 2 rings (SSSR count). The molecular formula is C11H11N3O3S. The van der Waals surface area contributed by atoms with Crippen molar-refractivity contribution in [3.63, 3.8) is 0 Å². The van der Waals surface area contributed by atoms with Gasteiger partial charge < -0.3 is 14.9 Å². The average molecular weight is 265 g/mol. The van der Waals surface area contributed by atoms with Crippen molar-refractivity contribution in [2.75, 3.05) is 6.61 Å². The van der Waals surface area contributed by atoms with Gasteiger partial charge in [0.05, 0.1) is 12.3 Å². The maximum Gasteiger partial charge on any atom is 0.360 e. The lowest BCUT2D eigenvalue weighted by molar-refractivity contribution is 0.0519. The summed E-state index contributed by atoms with van der Waals surface area (Å²) in [5.41, 5.74) is 6.25. The van der Waals surface area contributed by atoms with Crippen LogP contribution >= 0.6 is 12.2 Å². The van der Waals surface area contributed by atoms with Crippen molar-refractivity contribution >= 4 is 23.2 Å². The maximum atomic E-state index is 11.4. The van der Waals surface area contributed by atoms with E-state index in [1.807, 2.05) is 0 Å². The lowest BCUT2D eigenvalue weighted by Crippen LogP contribution is -2.14. The molecular weight excluding hydrogens is 254 g/mol. The molecule has 2 aromatic heterocycles. The molecule has 0 fully saturated rings. The Morgan fingerprint density at radius 3 is 3.11 bits per heavy atom. The minimum atomic E-state index is -0.531. The highest BCUT2D eigenvalue weighted by Crippen LogP contribution is 2.13. The van der Waals surface area contributed by atoms with E-state index < -0.39 is 5.97 Å². The zero-order chi connectivity index (χ0) is 13.1. The summed E-state index contributed by atoms with van der Waals surface area (Å²) in [4.78, 5) is 15.7. The van der Waals surface area contributed by atoms with E-state index in [-0.39, 0.29) is 23.3 Å². The molecule has 18 heavy (non-hydrogen) atoms. The van der Waals surface area contributed by atoms with Gasteiger partial charge in [-0.25, -0.2) is 4.79 Å². The largest absolute Gasteiger partial charge is 0.461 e. The normalized spacial score (nSPS) is 10.3. The van der Waals surface area contributed by atoms with E-state index in [1.54, 1.807) is 29.8 Å². The number of nitrogens with zero attached hydrogens (tertiary/aromatic N) is 2. The number of esters is 1. The number of rotatable bonds is 4.